The molecule has 1 amide bonds. The summed E-state index contributed by atoms with van der Waals surface area (Å²) in [5.74, 6) is -0.169. The number of aromatic nitrogens is 3. The topological polar surface area (TPSA) is 126 Å². The average Bonchev–Trinajstić information content (AvgIpc) is 3.27. The molecule has 0 radical (unpaired) electrons. The maximum atomic E-state index is 12.2. The normalized spacial score (nSPS) is 11.1. The zero-order chi connectivity index (χ0) is 25.8. The van der Waals surface area contributed by atoms with Crippen molar-refractivity contribution >= 4 is 76.0 Å². The maximum Gasteiger partial charge on any atom is 0.283 e. The van der Waals surface area contributed by atoms with E-state index >= 15 is 0 Å². The third-order valence-corrected chi connectivity index (χ3v) is 6.61. The van der Waals surface area contributed by atoms with Crippen LogP contribution in [0.25, 0.3) is 11.4 Å². The summed E-state index contributed by atoms with van der Waals surface area (Å²) in [4.78, 5) is 28.0. The van der Waals surface area contributed by atoms with Crippen LogP contribution < -0.4 is 5.43 Å². The molecule has 14 heteroatoms. The van der Waals surface area contributed by atoms with Gasteiger partial charge < -0.3 is 0 Å². The summed E-state index contributed by atoms with van der Waals surface area (Å²) in [6, 6.07) is 13.8. The number of hydrogen-bond acceptors (Lipinski definition) is 7. The molecule has 0 spiro atoms. The predicted molar refractivity (Wildman–Crippen MR) is 141 cm³/mol. The maximum absolute atomic E-state index is 12.2. The van der Waals surface area contributed by atoms with Crippen molar-refractivity contribution in [2.45, 2.75) is 10.1 Å². The summed E-state index contributed by atoms with van der Waals surface area (Å²) in [7, 11) is 0. The van der Waals surface area contributed by atoms with Gasteiger partial charge >= 0.3 is 0 Å². The second-order valence-electron chi connectivity index (χ2n) is 7.00. The molecule has 0 aliphatic rings. The lowest BCUT2D eigenvalue weighted by atomic mass is 10.2. The van der Waals surface area contributed by atoms with E-state index in [9.17, 15) is 14.9 Å². The number of nitrogens with one attached hydrogen (secondary N) is 2. The molecular weight excluding hydrogens is 570 g/mol. The van der Waals surface area contributed by atoms with Crippen LogP contribution in [0.3, 0.4) is 0 Å². The van der Waals surface area contributed by atoms with Crippen molar-refractivity contribution in [1.82, 2.24) is 20.6 Å². The van der Waals surface area contributed by atoms with Gasteiger partial charge in [0.1, 0.15) is 0 Å². The number of hydrogen-bond donors (Lipinski definition) is 2. The Morgan fingerprint density at radius 2 is 1.75 bits per heavy atom. The molecule has 4 aromatic rings. The third kappa shape index (κ3) is 6.15. The van der Waals surface area contributed by atoms with Crippen LogP contribution in [-0.4, -0.2) is 32.2 Å². The largest absolute Gasteiger partial charge is 0.283 e. The van der Waals surface area contributed by atoms with E-state index in [1.165, 1.54) is 36.5 Å². The van der Waals surface area contributed by atoms with Gasteiger partial charge in [0.15, 0.2) is 5.82 Å². The van der Waals surface area contributed by atoms with Crippen LogP contribution in [0.5, 0.6) is 0 Å². The van der Waals surface area contributed by atoms with Gasteiger partial charge in [-0.3, -0.25) is 20.0 Å². The zero-order valence-corrected chi connectivity index (χ0v) is 21.5. The number of carbonyl (C=O) groups excluding carboxylic acids is 1. The smallest absolute Gasteiger partial charge is 0.267 e. The first-order valence-electron chi connectivity index (χ1n) is 9.84. The van der Waals surface area contributed by atoms with E-state index in [4.69, 9.17) is 46.4 Å². The van der Waals surface area contributed by atoms with Gasteiger partial charge in [-0.25, -0.2) is 10.4 Å². The van der Waals surface area contributed by atoms with E-state index < -0.39 is 10.8 Å². The molecule has 0 atom stereocenters. The Hall–Kier alpha value is -3.15. The second kappa shape index (κ2) is 11.3. The fraction of sp³-hybridized carbons (Fsp3) is 0. The molecule has 4 rings (SSSR count). The Labute approximate surface area is 228 Å². The van der Waals surface area contributed by atoms with E-state index in [1.54, 1.807) is 24.3 Å². The first-order valence-corrected chi connectivity index (χ1v) is 12.2. The number of hydrazone groups is 1. The summed E-state index contributed by atoms with van der Waals surface area (Å²) in [6.45, 7) is 0. The van der Waals surface area contributed by atoms with E-state index in [2.05, 4.69) is 25.7 Å². The van der Waals surface area contributed by atoms with Gasteiger partial charge in [0.25, 0.3) is 11.6 Å². The van der Waals surface area contributed by atoms with Gasteiger partial charge in [0.2, 0.25) is 5.16 Å². The highest BCUT2D eigenvalue weighted by atomic mass is 35.5. The summed E-state index contributed by atoms with van der Waals surface area (Å²) in [5.41, 5.74) is 3.29. The predicted octanol–water partition coefficient (Wildman–Crippen LogP) is 6.91. The van der Waals surface area contributed by atoms with Crippen LogP contribution in [0.4, 0.5) is 5.69 Å². The third-order valence-electron chi connectivity index (χ3n) is 4.59. The molecule has 9 nitrogen and oxygen atoms in total. The SMILES string of the molecule is O=C(N/N=C\c1ccc(Sc2n[nH]c(-c3ccc(Cl)cc3Cl)n2)c([N+](=O)[O-])c1)c1ccc(Cl)cc1Cl. The Morgan fingerprint density at radius 1 is 1.03 bits per heavy atom. The number of benzene rings is 3. The van der Waals surface area contributed by atoms with Crippen molar-refractivity contribution in [1.29, 1.82) is 0 Å². The molecule has 1 aromatic heterocycles. The molecular formula is C22H12Cl4N6O3S. The van der Waals surface area contributed by atoms with Gasteiger partial charge in [-0.05, 0) is 54.2 Å². The van der Waals surface area contributed by atoms with Crippen LogP contribution in [0.2, 0.25) is 20.1 Å². The highest BCUT2D eigenvalue weighted by Gasteiger charge is 2.19. The number of carbonyl (C=O) groups is 1. The number of nitro benzene ring substituents is 1. The van der Waals surface area contributed by atoms with Crippen molar-refractivity contribution in [2.75, 3.05) is 0 Å². The van der Waals surface area contributed by atoms with Crippen LogP contribution in [-0.2, 0) is 0 Å². The first kappa shape index (κ1) is 25.9. The number of halogens is 4. The highest BCUT2D eigenvalue weighted by molar-refractivity contribution is 7.99. The lowest BCUT2D eigenvalue weighted by molar-refractivity contribution is -0.387. The molecule has 0 bridgehead atoms. The van der Waals surface area contributed by atoms with Crippen molar-refractivity contribution in [3.05, 3.63) is 95.9 Å². The summed E-state index contributed by atoms with van der Waals surface area (Å²) in [5, 5.41) is 24.1. The molecule has 3 aromatic carbocycles. The van der Waals surface area contributed by atoms with E-state index in [-0.39, 0.29) is 21.4 Å². The molecule has 0 aliphatic heterocycles. The molecule has 2 N–H and O–H groups in total. The summed E-state index contributed by atoms with van der Waals surface area (Å²) >= 11 is 25.0. The molecule has 0 saturated heterocycles. The molecule has 0 unspecified atom stereocenters. The average molecular weight is 582 g/mol. The Morgan fingerprint density at radius 3 is 2.44 bits per heavy atom. The van der Waals surface area contributed by atoms with Crippen molar-refractivity contribution in [2.24, 2.45) is 5.10 Å². The number of aromatic amines is 1. The number of rotatable bonds is 7. The summed E-state index contributed by atoms with van der Waals surface area (Å²) in [6.07, 6.45) is 1.27. The van der Waals surface area contributed by atoms with Gasteiger partial charge in [-0.2, -0.15) is 5.10 Å². The van der Waals surface area contributed by atoms with Crippen LogP contribution in [0, 0.1) is 10.1 Å². The summed E-state index contributed by atoms with van der Waals surface area (Å²) < 4.78 is 0. The molecule has 36 heavy (non-hydrogen) atoms. The van der Waals surface area contributed by atoms with E-state index in [1.807, 2.05) is 0 Å². The monoisotopic (exact) mass is 580 g/mol. The standard InChI is InChI=1S/C22H12Cl4N6O3S/c23-12-2-4-14(16(25)8-12)20-28-22(31-29-20)36-19-6-1-11(7-18(19)32(34)35)10-27-30-21(33)15-5-3-13(24)9-17(15)26/h1-10H,(H,30,33)(H,28,29,31)/b27-10-. The van der Waals surface area contributed by atoms with E-state index in [0.717, 1.165) is 11.8 Å². The Kier molecular flexibility index (Phi) is 8.12. The van der Waals surface area contributed by atoms with Crippen LogP contribution >= 0.6 is 58.2 Å². The minimum Gasteiger partial charge on any atom is -0.267 e. The van der Waals surface area contributed by atoms with Gasteiger partial charge in [0.05, 0.1) is 31.6 Å². The lowest BCUT2D eigenvalue weighted by Crippen LogP contribution is -2.18. The molecule has 182 valence electrons. The molecule has 1 heterocycles. The van der Waals surface area contributed by atoms with Crippen LogP contribution in [0.1, 0.15) is 15.9 Å². The Bertz CT molecular complexity index is 1510. The van der Waals surface area contributed by atoms with Crippen molar-refractivity contribution < 1.29 is 9.72 Å². The number of nitro groups is 1. The van der Waals surface area contributed by atoms with E-state index in [0.29, 0.717) is 36.9 Å². The minimum atomic E-state index is -0.559. The number of nitrogens with zero attached hydrogens (tertiary/aromatic N) is 4. The van der Waals surface area contributed by atoms with Crippen molar-refractivity contribution in [3.8, 4) is 11.4 Å². The minimum absolute atomic E-state index is 0.167. The second-order valence-corrected chi connectivity index (χ2v) is 9.70. The molecule has 0 aliphatic carbocycles. The molecule has 0 fully saturated rings. The van der Waals surface area contributed by atoms with Gasteiger partial charge in [-0.1, -0.05) is 52.5 Å². The fourth-order valence-electron chi connectivity index (χ4n) is 2.94. The van der Waals surface area contributed by atoms with Crippen LogP contribution in [0.15, 0.2) is 69.8 Å². The highest BCUT2D eigenvalue weighted by Crippen LogP contribution is 2.35. The fourth-order valence-corrected chi connectivity index (χ4v) is 4.73. The van der Waals surface area contributed by atoms with Gasteiger partial charge in [-0.15, -0.1) is 5.10 Å². The zero-order valence-electron chi connectivity index (χ0n) is 17.7. The number of H-pyrrole nitrogens is 1. The van der Waals surface area contributed by atoms with Crippen molar-refractivity contribution in [3.63, 3.8) is 0 Å². The first-order chi connectivity index (χ1) is 17.2. The van der Waals surface area contributed by atoms with Gasteiger partial charge in [0, 0.05) is 27.2 Å². The number of amides is 1. The molecule has 0 saturated carbocycles. The lowest BCUT2D eigenvalue weighted by Gasteiger charge is -2.03. The Balaban J connectivity index is 1.49. The quantitative estimate of drug-likeness (QED) is 0.139.